The summed E-state index contributed by atoms with van der Waals surface area (Å²) >= 11 is 0. The molecule has 0 fully saturated rings. The van der Waals surface area contributed by atoms with Crippen molar-refractivity contribution in [2.45, 2.75) is 27.3 Å². The Kier molecular flexibility index (Phi) is 4.60. The number of ether oxygens (including phenoxy) is 2. The van der Waals surface area contributed by atoms with Crippen molar-refractivity contribution in [2.75, 3.05) is 6.61 Å². The molecule has 0 saturated heterocycles. The Morgan fingerprint density at radius 3 is 2.45 bits per heavy atom. The molecule has 0 saturated carbocycles. The smallest absolute Gasteiger partial charge is 0.347 e. The lowest BCUT2D eigenvalue weighted by molar-refractivity contribution is -0.131. The number of hydrogen-bond donors (Lipinski definition) is 0. The molecule has 0 bridgehead atoms. The topological polar surface area (TPSA) is 74.6 Å². The SMILES string of the molecule is CCOC(=O)c1c(OC(C)=O)c2ccccc2n(CC)c1=O. The Morgan fingerprint density at radius 2 is 1.86 bits per heavy atom. The van der Waals surface area contributed by atoms with E-state index >= 15 is 0 Å². The summed E-state index contributed by atoms with van der Waals surface area (Å²) < 4.78 is 11.5. The molecule has 0 radical (unpaired) electrons. The van der Waals surface area contributed by atoms with Gasteiger partial charge >= 0.3 is 11.9 Å². The summed E-state index contributed by atoms with van der Waals surface area (Å²) in [5.74, 6) is -1.45. The van der Waals surface area contributed by atoms with Crippen molar-refractivity contribution in [3.8, 4) is 5.75 Å². The van der Waals surface area contributed by atoms with Crippen molar-refractivity contribution in [2.24, 2.45) is 0 Å². The molecule has 0 aliphatic heterocycles. The Hall–Kier alpha value is -2.63. The van der Waals surface area contributed by atoms with Gasteiger partial charge in [-0.1, -0.05) is 12.1 Å². The normalized spacial score (nSPS) is 10.5. The van der Waals surface area contributed by atoms with Gasteiger partial charge in [-0.25, -0.2) is 4.79 Å². The third-order valence-corrected chi connectivity index (χ3v) is 3.17. The predicted molar refractivity (Wildman–Crippen MR) is 81.1 cm³/mol. The number of benzene rings is 1. The molecule has 6 nitrogen and oxygen atoms in total. The van der Waals surface area contributed by atoms with Crippen molar-refractivity contribution < 1.29 is 19.1 Å². The fraction of sp³-hybridized carbons (Fsp3) is 0.312. The van der Waals surface area contributed by atoms with E-state index in [1.165, 1.54) is 11.5 Å². The van der Waals surface area contributed by atoms with E-state index < -0.39 is 17.5 Å². The number of fused-ring (bicyclic) bond motifs is 1. The molecule has 116 valence electrons. The fourth-order valence-corrected chi connectivity index (χ4v) is 2.32. The molecule has 22 heavy (non-hydrogen) atoms. The van der Waals surface area contributed by atoms with Crippen LogP contribution in [0.2, 0.25) is 0 Å². The predicted octanol–water partition coefficient (Wildman–Crippen LogP) is 2.12. The first-order valence-corrected chi connectivity index (χ1v) is 7.02. The highest BCUT2D eigenvalue weighted by Gasteiger charge is 2.25. The molecular weight excluding hydrogens is 286 g/mol. The Bertz CT molecular complexity index is 791. The highest BCUT2D eigenvalue weighted by atomic mass is 16.5. The molecule has 2 rings (SSSR count). The van der Waals surface area contributed by atoms with Crippen molar-refractivity contribution in [3.63, 3.8) is 0 Å². The lowest BCUT2D eigenvalue weighted by Gasteiger charge is -2.15. The number of para-hydroxylation sites is 1. The second-order valence-corrected chi connectivity index (χ2v) is 4.58. The van der Waals surface area contributed by atoms with E-state index in [1.807, 2.05) is 0 Å². The van der Waals surface area contributed by atoms with E-state index in [4.69, 9.17) is 9.47 Å². The van der Waals surface area contributed by atoms with Gasteiger partial charge in [-0.2, -0.15) is 0 Å². The molecule has 1 aromatic heterocycles. The summed E-state index contributed by atoms with van der Waals surface area (Å²) in [4.78, 5) is 36.1. The van der Waals surface area contributed by atoms with Gasteiger partial charge in [0.25, 0.3) is 5.56 Å². The van der Waals surface area contributed by atoms with E-state index in [2.05, 4.69) is 0 Å². The maximum atomic E-state index is 12.6. The first-order chi connectivity index (χ1) is 10.5. The second-order valence-electron chi connectivity index (χ2n) is 4.58. The lowest BCUT2D eigenvalue weighted by Crippen LogP contribution is -2.29. The average Bonchev–Trinajstić information content (AvgIpc) is 2.47. The number of aromatic nitrogens is 1. The van der Waals surface area contributed by atoms with Crippen LogP contribution in [0.3, 0.4) is 0 Å². The van der Waals surface area contributed by atoms with Gasteiger partial charge in [-0.15, -0.1) is 0 Å². The van der Waals surface area contributed by atoms with E-state index in [-0.39, 0.29) is 17.9 Å². The van der Waals surface area contributed by atoms with Gasteiger partial charge in [0.2, 0.25) is 0 Å². The summed E-state index contributed by atoms with van der Waals surface area (Å²) in [6, 6.07) is 6.95. The van der Waals surface area contributed by atoms with Crippen LogP contribution < -0.4 is 10.3 Å². The monoisotopic (exact) mass is 303 g/mol. The number of pyridine rings is 1. The molecule has 0 spiro atoms. The summed E-state index contributed by atoms with van der Waals surface area (Å²) in [7, 11) is 0. The third kappa shape index (κ3) is 2.72. The van der Waals surface area contributed by atoms with Gasteiger partial charge in [0, 0.05) is 18.9 Å². The van der Waals surface area contributed by atoms with Gasteiger partial charge in [0.15, 0.2) is 11.3 Å². The van der Waals surface area contributed by atoms with Gasteiger partial charge in [0.1, 0.15) is 0 Å². The summed E-state index contributed by atoms with van der Waals surface area (Å²) in [5, 5.41) is 0.516. The van der Waals surface area contributed by atoms with Crippen LogP contribution in [0.1, 0.15) is 31.1 Å². The van der Waals surface area contributed by atoms with Crippen LogP contribution in [0.25, 0.3) is 10.9 Å². The minimum atomic E-state index is -0.795. The van der Waals surface area contributed by atoms with Crippen LogP contribution in [0, 0.1) is 0 Å². The molecule has 1 aromatic carbocycles. The number of carbonyl (C=O) groups excluding carboxylic acids is 2. The maximum Gasteiger partial charge on any atom is 0.347 e. The second kappa shape index (κ2) is 6.43. The fourth-order valence-electron chi connectivity index (χ4n) is 2.32. The van der Waals surface area contributed by atoms with Crippen molar-refractivity contribution in [1.29, 1.82) is 0 Å². The number of rotatable bonds is 4. The van der Waals surface area contributed by atoms with Crippen molar-refractivity contribution in [3.05, 3.63) is 40.2 Å². The number of carbonyl (C=O) groups is 2. The first kappa shape index (κ1) is 15.8. The zero-order chi connectivity index (χ0) is 16.3. The van der Waals surface area contributed by atoms with Gasteiger partial charge in [-0.05, 0) is 26.0 Å². The maximum absolute atomic E-state index is 12.6. The molecule has 6 heteroatoms. The quantitative estimate of drug-likeness (QED) is 0.809. The third-order valence-electron chi connectivity index (χ3n) is 3.17. The van der Waals surface area contributed by atoms with Crippen LogP contribution in [0.4, 0.5) is 0 Å². The molecule has 0 unspecified atom stereocenters. The molecular formula is C16H17NO5. The zero-order valence-corrected chi connectivity index (χ0v) is 12.7. The van der Waals surface area contributed by atoms with Crippen LogP contribution in [0.15, 0.2) is 29.1 Å². The Labute approximate surface area is 127 Å². The molecule has 0 aliphatic rings. The number of esters is 2. The first-order valence-electron chi connectivity index (χ1n) is 7.02. The van der Waals surface area contributed by atoms with Crippen LogP contribution in [0.5, 0.6) is 5.75 Å². The van der Waals surface area contributed by atoms with E-state index in [9.17, 15) is 14.4 Å². The number of nitrogens with zero attached hydrogens (tertiary/aromatic N) is 1. The molecule has 1 heterocycles. The Morgan fingerprint density at radius 1 is 1.18 bits per heavy atom. The minimum Gasteiger partial charge on any atom is -0.462 e. The van der Waals surface area contributed by atoms with Crippen LogP contribution in [-0.4, -0.2) is 23.1 Å². The van der Waals surface area contributed by atoms with Crippen molar-refractivity contribution in [1.82, 2.24) is 4.57 Å². The average molecular weight is 303 g/mol. The van der Waals surface area contributed by atoms with Crippen molar-refractivity contribution >= 4 is 22.8 Å². The van der Waals surface area contributed by atoms with Gasteiger partial charge < -0.3 is 14.0 Å². The number of hydrogen-bond acceptors (Lipinski definition) is 5. The molecule has 0 aliphatic carbocycles. The zero-order valence-electron chi connectivity index (χ0n) is 12.7. The summed E-state index contributed by atoms with van der Waals surface area (Å²) in [5.41, 5.74) is -0.187. The molecule has 0 amide bonds. The number of aryl methyl sites for hydroxylation is 1. The van der Waals surface area contributed by atoms with Gasteiger partial charge in [-0.3, -0.25) is 9.59 Å². The Balaban J connectivity index is 2.90. The van der Waals surface area contributed by atoms with Crippen LogP contribution in [-0.2, 0) is 16.1 Å². The van der Waals surface area contributed by atoms with Crippen LogP contribution >= 0.6 is 0 Å². The lowest BCUT2D eigenvalue weighted by atomic mass is 10.1. The highest BCUT2D eigenvalue weighted by Crippen LogP contribution is 2.28. The molecule has 2 aromatic rings. The standard InChI is InChI=1S/C16H17NO5/c1-4-17-12-9-7-6-8-11(12)14(22-10(3)18)13(15(17)19)16(20)21-5-2/h6-9H,4-5H2,1-3H3. The molecule has 0 N–H and O–H groups in total. The summed E-state index contributed by atoms with van der Waals surface area (Å²) in [6.07, 6.45) is 0. The molecule has 0 atom stereocenters. The van der Waals surface area contributed by atoms with E-state index in [1.54, 1.807) is 38.1 Å². The van der Waals surface area contributed by atoms with E-state index in [0.29, 0.717) is 17.4 Å². The minimum absolute atomic E-state index is 0.0451. The van der Waals surface area contributed by atoms with Gasteiger partial charge in [0.05, 0.1) is 12.1 Å². The largest absolute Gasteiger partial charge is 0.462 e. The highest BCUT2D eigenvalue weighted by molar-refractivity contribution is 6.01. The van der Waals surface area contributed by atoms with E-state index in [0.717, 1.165) is 0 Å². The summed E-state index contributed by atoms with van der Waals surface area (Å²) in [6.45, 7) is 5.16.